The summed E-state index contributed by atoms with van der Waals surface area (Å²) in [6.45, 7) is 15.1. The highest BCUT2D eigenvalue weighted by atomic mass is 16.7. The molecule has 18 atom stereocenters. The van der Waals surface area contributed by atoms with Gasteiger partial charge in [0.2, 0.25) is 0 Å². The zero-order chi connectivity index (χ0) is 40.4. The fraction of sp³-hybridized carbons (Fsp3) is 0.902. The van der Waals surface area contributed by atoms with Gasteiger partial charge in [0.05, 0.1) is 24.2 Å². The van der Waals surface area contributed by atoms with Crippen LogP contribution in [0.2, 0.25) is 0 Å². The van der Waals surface area contributed by atoms with Crippen molar-refractivity contribution in [2.24, 2.45) is 50.2 Å². The molecule has 55 heavy (non-hydrogen) atoms. The van der Waals surface area contributed by atoms with Gasteiger partial charge in [-0.2, -0.15) is 0 Å². The molecule has 312 valence electrons. The van der Waals surface area contributed by atoms with Crippen LogP contribution in [0, 0.1) is 50.2 Å². The number of carboxylic acids is 2. The molecule has 0 radical (unpaired) electrons. The van der Waals surface area contributed by atoms with E-state index in [0.29, 0.717) is 25.7 Å². The van der Waals surface area contributed by atoms with Gasteiger partial charge in [-0.25, -0.2) is 4.79 Å². The van der Waals surface area contributed by atoms with Crippen molar-refractivity contribution in [3.8, 4) is 0 Å². The van der Waals surface area contributed by atoms with Gasteiger partial charge in [-0.1, -0.05) is 60.1 Å². The summed E-state index contributed by atoms with van der Waals surface area (Å²) in [7, 11) is 0. The molecule has 0 spiro atoms. The van der Waals surface area contributed by atoms with E-state index in [4.69, 9.17) is 18.9 Å². The molecule has 4 saturated carbocycles. The number of aliphatic hydroxyl groups is 6. The molecule has 14 heteroatoms. The van der Waals surface area contributed by atoms with Crippen molar-refractivity contribution in [3.05, 3.63) is 11.6 Å². The van der Waals surface area contributed by atoms with Gasteiger partial charge in [-0.15, -0.1) is 0 Å². The molecule has 0 aromatic carbocycles. The monoisotopic (exact) mass is 780 g/mol. The molecule has 0 aromatic rings. The summed E-state index contributed by atoms with van der Waals surface area (Å²) in [5.74, 6) is -2.30. The number of allylic oxidation sites excluding steroid dienone is 1. The van der Waals surface area contributed by atoms with Gasteiger partial charge in [0, 0.05) is 5.92 Å². The van der Waals surface area contributed by atoms with Gasteiger partial charge >= 0.3 is 11.9 Å². The van der Waals surface area contributed by atoms with Crippen LogP contribution in [0.1, 0.15) is 106 Å². The summed E-state index contributed by atoms with van der Waals surface area (Å²) in [5.41, 5.74) is -1.28. The lowest BCUT2D eigenvalue weighted by molar-refractivity contribution is -0.354. The third-order valence-electron chi connectivity index (χ3n) is 17.0. The molecular weight excluding hydrogens is 716 g/mol. The molecule has 8 N–H and O–H groups in total. The molecule has 2 heterocycles. The summed E-state index contributed by atoms with van der Waals surface area (Å²) in [4.78, 5) is 25.5. The molecule has 2 aliphatic heterocycles. The minimum atomic E-state index is -1.82. The van der Waals surface area contributed by atoms with E-state index in [0.717, 1.165) is 37.7 Å². The Morgan fingerprint density at radius 1 is 0.745 bits per heavy atom. The molecule has 4 unspecified atom stereocenters. The second kappa shape index (κ2) is 13.7. The van der Waals surface area contributed by atoms with E-state index in [1.54, 1.807) is 0 Å². The molecule has 5 aliphatic carbocycles. The largest absolute Gasteiger partial charge is 0.481 e. The number of rotatable bonds is 6. The lowest BCUT2D eigenvalue weighted by Crippen LogP contribution is -2.67. The van der Waals surface area contributed by atoms with Crippen LogP contribution in [0.25, 0.3) is 0 Å². The number of hydrogen-bond acceptors (Lipinski definition) is 12. The first-order valence-electron chi connectivity index (χ1n) is 20.3. The highest BCUT2D eigenvalue weighted by Gasteiger charge is 2.71. The van der Waals surface area contributed by atoms with E-state index in [-0.39, 0.29) is 28.1 Å². The second-order valence-electron chi connectivity index (χ2n) is 20.2. The molecule has 0 bridgehead atoms. The number of aliphatic carboxylic acids is 2. The van der Waals surface area contributed by atoms with Gasteiger partial charge in [0.15, 0.2) is 18.7 Å². The first-order valence-corrected chi connectivity index (χ1v) is 20.3. The molecule has 0 amide bonds. The van der Waals surface area contributed by atoms with Crippen LogP contribution in [0.3, 0.4) is 0 Å². The molecule has 6 fully saturated rings. The second-order valence-corrected chi connectivity index (χ2v) is 20.2. The number of ether oxygens (including phenoxy) is 4. The van der Waals surface area contributed by atoms with Crippen LogP contribution < -0.4 is 0 Å². The Kier molecular flexibility index (Phi) is 10.3. The molecule has 7 aliphatic rings. The van der Waals surface area contributed by atoms with E-state index < -0.39 is 108 Å². The van der Waals surface area contributed by atoms with E-state index >= 15 is 0 Å². The van der Waals surface area contributed by atoms with Gasteiger partial charge in [-0.3, -0.25) is 4.79 Å². The summed E-state index contributed by atoms with van der Waals surface area (Å²) in [6.07, 6.45) is -7.41. The van der Waals surface area contributed by atoms with E-state index in [1.165, 1.54) is 0 Å². The minimum Gasteiger partial charge on any atom is -0.481 e. The van der Waals surface area contributed by atoms with Crippen LogP contribution in [0.4, 0.5) is 0 Å². The van der Waals surface area contributed by atoms with Crippen LogP contribution in [0.15, 0.2) is 11.6 Å². The molecular formula is C41H64O14. The predicted molar refractivity (Wildman–Crippen MR) is 194 cm³/mol. The van der Waals surface area contributed by atoms with Crippen molar-refractivity contribution >= 4 is 11.9 Å². The number of aliphatic hydroxyl groups excluding tert-OH is 6. The Hall–Kier alpha value is -1.72. The van der Waals surface area contributed by atoms with Crippen molar-refractivity contribution in [3.63, 3.8) is 0 Å². The molecule has 7 rings (SSSR count). The van der Waals surface area contributed by atoms with Crippen LogP contribution in [0.5, 0.6) is 0 Å². The highest BCUT2D eigenvalue weighted by molar-refractivity contribution is 5.77. The topological polar surface area (TPSA) is 233 Å². The van der Waals surface area contributed by atoms with Crippen molar-refractivity contribution in [2.75, 3.05) is 6.61 Å². The zero-order valence-electron chi connectivity index (χ0n) is 33.3. The Bertz CT molecular complexity index is 1550. The van der Waals surface area contributed by atoms with Gasteiger partial charge in [0.1, 0.15) is 36.6 Å². The lowest BCUT2D eigenvalue weighted by Gasteiger charge is -2.71. The number of carboxylic acid groups (broad SMARTS) is 2. The van der Waals surface area contributed by atoms with Crippen molar-refractivity contribution in [1.29, 1.82) is 0 Å². The first-order chi connectivity index (χ1) is 25.5. The summed E-state index contributed by atoms with van der Waals surface area (Å²) in [6, 6.07) is 0. The highest BCUT2D eigenvalue weighted by Crippen LogP contribution is 2.76. The van der Waals surface area contributed by atoms with E-state index in [1.807, 2.05) is 0 Å². The minimum absolute atomic E-state index is 0.139. The maximum atomic E-state index is 13.1. The molecule has 0 aromatic heterocycles. The third kappa shape index (κ3) is 5.93. The Morgan fingerprint density at radius 3 is 2.05 bits per heavy atom. The average Bonchev–Trinajstić information content (AvgIpc) is 3.10. The number of hydrogen-bond donors (Lipinski definition) is 8. The summed E-state index contributed by atoms with van der Waals surface area (Å²) < 4.78 is 23.1. The summed E-state index contributed by atoms with van der Waals surface area (Å²) >= 11 is 0. The van der Waals surface area contributed by atoms with Gasteiger partial charge in [-0.05, 0) is 96.7 Å². The normalized spacial score (nSPS) is 53.1. The smallest absolute Gasteiger partial charge is 0.335 e. The molecule has 2 saturated heterocycles. The fourth-order valence-corrected chi connectivity index (χ4v) is 13.3. The SMILES string of the molecule is CC1(C)CC[C@]2(C(=O)O)CC[C@]3(C)C(=CCC4[C@@]5(C)CC[C@H](O[C@@H]6O[C@H](C(=O)O)[C@@H](O[C@@H]7OC[C@@H](O)[C@H](O)[C@H]7O)[C@H](O)[C@H]6O)C(C)(C)C5CC[C@]43C)C2C1O. The maximum absolute atomic E-state index is 13.1. The fourth-order valence-electron chi connectivity index (χ4n) is 13.3. The van der Waals surface area contributed by atoms with Crippen molar-refractivity contribution < 1.29 is 69.4 Å². The van der Waals surface area contributed by atoms with Gasteiger partial charge < -0.3 is 59.8 Å². The van der Waals surface area contributed by atoms with Crippen molar-refractivity contribution in [2.45, 2.75) is 174 Å². The average molecular weight is 781 g/mol. The lowest BCUT2D eigenvalue weighted by atomic mass is 9.33. The third-order valence-corrected chi connectivity index (χ3v) is 17.0. The predicted octanol–water partition coefficient (Wildman–Crippen LogP) is 2.58. The Morgan fingerprint density at radius 2 is 1.40 bits per heavy atom. The Labute approximate surface area is 323 Å². The number of carbonyl (C=O) groups is 2. The van der Waals surface area contributed by atoms with Crippen molar-refractivity contribution in [1.82, 2.24) is 0 Å². The first kappa shape index (κ1) is 41.4. The van der Waals surface area contributed by atoms with Crippen LogP contribution in [-0.2, 0) is 28.5 Å². The van der Waals surface area contributed by atoms with Crippen LogP contribution >= 0.6 is 0 Å². The molecule has 14 nitrogen and oxygen atoms in total. The van der Waals surface area contributed by atoms with E-state index in [2.05, 4.69) is 54.5 Å². The van der Waals surface area contributed by atoms with E-state index in [9.17, 15) is 50.4 Å². The van der Waals surface area contributed by atoms with Crippen LogP contribution in [-0.4, -0.2) is 127 Å². The maximum Gasteiger partial charge on any atom is 0.335 e. The van der Waals surface area contributed by atoms with Gasteiger partial charge in [0.25, 0.3) is 0 Å². The number of fused-ring (bicyclic) bond motifs is 7. The summed E-state index contributed by atoms with van der Waals surface area (Å²) in [5, 5.41) is 85.4. The standard InChI is InChI=1S/C41H64O14/c1-36(2)14-16-41(35(50)51)17-15-39(6)19(24(41)31(36)47)8-9-22-38(5)12-11-23(37(3,4)21(38)10-13-40(22,39)7)53-34-28(46)26(44)29(30(55-34)32(48)49)54-33-27(45)25(43)20(42)18-52-33/h8,20-31,33-34,42-47H,9-18H2,1-7H3,(H,48,49)(H,50,51)/t20-,21?,22?,23+,24?,25+,26-,27-,28-,29+,30+,31?,33+,34-,38+,39-,40-,41+/m1/s1. The zero-order valence-corrected chi connectivity index (χ0v) is 33.3. The quantitative estimate of drug-likeness (QED) is 0.143. The Balaban J connectivity index is 1.11.